The molecule has 0 N–H and O–H groups in total. The van der Waals surface area contributed by atoms with E-state index >= 15 is 0 Å². The number of piperazine rings is 1. The van der Waals surface area contributed by atoms with E-state index in [1.807, 2.05) is 4.90 Å². The molecule has 0 spiro atoms. The molecule has 0 radical (unpaired) electrons. The monoisotopic (exact) mass is 267 g/mol. The first-order chi connectivity index (χ1) is 9.06. The molecule has 2 fully saturated rings. The third-order valence-corrected chi connectivity index (χ3v) is 4.32. The number of nitrogens with zero attached hydrogens (tertiary/aromatic N) is 3. The molecule has 2 rings (SSSR count). The molecule has 0 aromatic heterocycles. The number of hydrogen-bond acceptors (Lipinski definition) is 2. The zero-order valence-corrected chi connectivity index (χ0v) is 12.8. The summed E-state index contributed by atoms with van der Waals surface area (Å²) in [4.78, 5) is 19.0. The van der Waals surface area contributed by atoms with Gasteiger partial charge in [-0.15, -0.1) is 0 Å². The van der Waals surface area contributed by atoms with E-state index < -0.39 is 0 Å². The maximum atomic E-state index is 12.4. The molecule has 2 amide bonds. The molecule has 2 saturated heterocycles. The lowest BCUT2D eigenvalue weighted by Gasteiger charge is -2.39. The minimum absolute atomic E-state index is 0.274. The highest BCUT2D eigenvalue weighted by atomic mass is 16.2. The topological polar surface area (TPSA) is 26.8 Å². The highest BCUT2D eigenvalue weighted by Crippen LogP contribution is 2.18. The Balaban J connectivity index is 1.76. The number of carbonyl (C=O) groups excluding carboxylic acids is 1. The lowest BCUT2D eigenvalue weighted by atomic mass is 9.99. The number of hydrogen-bond donors (Lipinski definition) is 0. The molecule has 19 heavy (non-hydrogen) atoms. The van der Waals surface area contributed by atoms with Gasteiger partial charge in [-0.05, 0) is 24.7 Å². The fourth-order valence-electron chi connectivity index (χ4n) is 3.04. The summed E-state index contributed by atoms with van der Waals surface area (Å²) in [6, 6.07) is 0.274. The molecular weight excluding hydrogens is 238 g/mol. The summed E-state index contributed by atoms with van der Waals surface area (Å²) in [5, 5.41) is 0. The zero-order chi connectivity index (χ0) is 13.8. The molecule has 0 aliphatic carbocycles. The van der Waals surface area contributed by atoms with Crippen LogP contribution in [0.2, 0.25) is 0 Å². The van der Waals surface area contributed by atoms with Crippen molar-refractivity contribution in [1.82, 2.24) is 14.7 Å². The number of piperidine rings is 1. The Morgan fingerprint density at radius 2 is 1.53 bits per heavy atom. The smallest absolute Gasteiger partial charge is 0.320 e. The van der Waals surface area contributed by atoms with Crippen molar-refractivity contribution in [3.05, 3.63) is 0 Å². The van der Waals surface area contributed by atoms with Crippen molar-refractivity contribution in [2.75, 3.05) is 45.8 Å². The SMILES string of the molecule is CC(C)CN1CCN(C(=O)N2CCC(C)CC2)CC1. The van der Waals surface area contributed by atoms with E-state index in [1.54, 1.807) is 0 Å². The minimum Gasteiger partial charge on any atom is -0.325 e. The first-order valence-electron chi connectivity index (χ1n) is 7.82. The van der Waals surface area contributed by atoms with Gasteiger partial charge < -0.3 is 9.80 Å². The van der Waals surface area contributed by atoms with Crippen LogP contribution in [0.25, 0.3) is 0 Å². The number of amides is 2. The fourth-order valence-corrected chi connectivity index (χ4v) is 3.04. The summed E-state index contributed by atoms with van der Waals surface area (Å²) in [7, 11) is 0. The van der Waals surface area contributed by atoms with Gasteiger partial charge >= 0.3 is 6.03 Å². The molecule has 4 nitrogen and oxygen atoms in total. The second-order valence-electron chi connectivity index (χ2n) is 6.63. The molecule has 110 valence electrons. The van der Waals surface area contributed by atoms with Gasteiger partial charge in [0.25, 0.3) is 0 Å². The molecule has 0 aromatic rings. The summed E-state index contributed by atoms with van der Waals surface area (Å²) in [5.74, 6) is 1.50. The summed E-state index contributed by atoms with van der Waals surface area (Å²) in [6.45, 7) is 13.7. The van der Waals surface area contributed by atoms with Gasteiger partial charge in [0.1, 0.15) is 0 Å². The highest BCUT2D eigenvalue weighted by molar-refractivity contribution is 5.74. The molecule has 0 atom stereocenters. The van der Waals surface area contributed by atoms with Crippen LogP contribution in [0.1, 0.15) is 33.6 Å². The van der Waals surface area contributed by atoms with E-state index in [1.165, 1.54) is 12.8 Å². The van der Waals surface area contributed by atoms with Gasteiger partial charge in [0.2, 0.25) is 0 Å². The first-order valence-corrected chi connectivity index (χ1v) is 7.82. The lowest BCUT2D eigenvalue weighted by Crippen LogP contribution is -2.54. The molecule has 0 unspecified atom stereocenters. The van der Waals surface area contributed by atoms with Crippen molar-refractivity contribution in [1.29, 1.82) is 0 Å². The highest BCUT2D eigenvalue weighted by Gasteiger charge is 2.27. The predicted molar refractivity (Wildman–Crippen MR) is 78.2 cm³/mol. The summed E-state index contributed by atoms with van der Waals surface area (Å²) in [6.07, 6.45) is 2.33. The van der Waals surface area contributed by atoms with Crippen LogP contribution in [0.3, 0.4) is 0 Å². The van der Waals surface area contributed by atoms with E-state index in [9.17, 15) is 4.79 Å². The molecular formula is C15H29N3O. The fraction of sp³-hybridized carbons (Fsp3) is 0.933. The number of rotatable bonds is 2. The normalized spacial score (nSPS) is 23.2. The average molecular weight is 267 g/mol. The van der Waals surface area contributed by atoms with Crippen LogP contribution in [0.15, 0.2) is 0 Å². The van der Waals surface area contributed by atoms with Gasteiger partial charge in [0, 0.05) is 45.8 Å². The summed E-state index contributed by atoms with van der Waals surface area (Å²) < 4.78 is 0. The predicted octanol–water partition coefficient (Wildman–Crippen LogP) is 2.11. The van der Waals surface area contributed by atoms with Gasteiger partial charge in [0.15, 0.2) is 0 Å². The summed E-state index contributed by atoms with van der Waals surface area (Å²) >= 11 is 0. The van der Waals surface area contributed by atoms with Gasteiger partial charge in [-0.3, -0.25) is 4.90 Å². The van der Waals surface area contributed by atoms with Crippen LogP contribution in [0, 0.1) is 11.8 Å². The van der Waals surface area contributed by atoms with Crippen LogP contribution in [-0.4, -0.2) is 66.5 Å². The van der Waals surface area contributed by atoms with Gasteiger partial charge in [-0.25, -0.2) is 4.79 Å². The first kappa shape index (κ1) is 14.6. The Morgan fingerprint density at radius 3 is 2.05 bits per heavy atom. The van der Waals surface area contributed by atoms with Crippen molar-refractivity contribution in [3.8, 4) is 0 Å². The molecule has 0 aromatic carbocycles. The van der Waals surface area contributed by atoms with Crippen molar-refractivity contribution >= 4 is 6.03 Å². The number of urea groups is 1. The van der Waals surface area contributed by atoms with E-state index in [-0.39, 0.29) is 6.03 Å². The van der Waals surface area contributed by atoms with E-state index in [2.05, 4.69) is 30.6 Å². The largest absolute Gasteiger partial charge is 0.325 e. The van der Waals surface area contributed by atoms with Crippen LogP contribution in [0.4, 0.5) is 4.79 Å². The van der Waals surface area contributed by atoms with Crippen molar-refractivity contribution in [3.63, 3.8) is 0 Å². The van der Waals surface area contributed by atoms with Crippen LogP contribution in [-0.2, 0) is 0 Å². The van der Waals surface area contributed by atoms with Crippen molar-refractivity contribution in [2.45, 2.75) is 33.6 Å². The standard InChI is InChI=1S/C15H29N3O/c1-13(2)12-16-8-10-18(11-9-16)15(19)17-6-4-14(3)5-7-17/h13-14H,4-12H2,1-3H3. The summed E-state index contributed by atoms with van der Waals surface area (Å²) in [5.41, 5.74) is 0. The lowest BCUT2D eigenvalue weighted by molar-refractivity contribution is 0.0982. The zero-order valence-electron chi connectivity index (χ0n) is 12.8. The molecule has 2 aliphatic rings. The average Bonchev–Trinajstić information content (AvgIpc) is 2.39. The maximum Gasteiger partial charge on any atom is 0.320 e. The van der Waals surface area contributed by atoms with E-state index in [0.717, 1.165) is 51.7 Å². The molecule has 0 bridgehead atoms. The second-order valence-corrected chi connectivity index (χ2v) is 6.63. The van der Waals surface area contributed by atoms with E-state index in [4.69, 9.17) is 0 Å². The Hall–Kier alpha value is -0.770. The third kappa shape index (κ3) is 4.10. The number of likely N-dealkylation sites (tertiary alicyclic amines) is 1. The molecule has 2 heterocycles. The van der Waals surface area contributed by atoms with Crippen molar-refractivity contribution in [2.24, 2.45) is 11.8 Å². The Morgan fingerprint density at radius 1 is 1.00 bits per heavy atom. The molecule has 4 heteroatoms. The molecule has 0 saturated carbocycles. The number of carbonyl (C=O) groups is 1. The third-order valence-electron chi connectivity index (χ3n) is 4.32. The van der Waals surface area contributed by atoms with Crippen LogP contribution >= 0.6 is 0 Å². The molecule has 2 aliphatic heterocycles. The van der Waals surface area contributed by atoms with Gasteiger partial charge in [0.05, 0.1) is 0 Å². The second kappa shape index (κ2) is 6.60. The minimum atomic E-state index is 0.274. The van der Waals surface area contributed by atoms with E-state index in [0.29, 0.717) is 5.92 Å². The Bertz CT molecular complexity index is 290. The maximum absolute atomic E-state index is 12.4. The van der Waals surface area contributed by atoms with Crippen molar-refractivity contribution < 1.29 is 4.79 Å². The van der Waals surface area contributed by atoms with Crippen LogP contribution in [0.5, 0.6) is 0 Å². The Labute approximate surface area is 117 Å². The quantitative estimate of drug-likeness (QED) is 0.766. The van der Waals surface area contributed by atoms with Gasteiger partial charge in [-0.1, -0.05) is 20.8 Å². The Kier molecular flexibility index (Phi) is 5.08. The van der Waals surface area contributed by atoms with Gasteiger partial charge in [-0.2, -0.15) is 0 Å². The van der Waals surface area contributed by atoms with Crippen LogP contribution < -0.4 is 0 Å².